The van der Waals surface area contributed by atoms with E-state index in [9.17, 15) is 4.79 Å². The van der Waals surface area contributed by atoms with Crippen LogP contribution in [0.15, 0.2) is 36.4 Å². The van der Waals surface area contributed by atoms with E-state index in [-0.39, 0.29) is 5.91 Å². The van der Waals surface area contributed by atoms with Gasteiger partial charge in [0, 0.05) is 24.8 Å². The molecule has 132 valence electrons. The first-order valence-corrected chi connectivity index (χ1v) is 8.98. The van der Waals surface area contributed by atoms with Crippen molar-refractivity contribution >= 4 is 11.7 Å². The van der Waals surface area contributed by atoms with E-state index >= 15 is 0 Å². The Morgan fingerprint density at radius 3 is 2.56 bits per heavy atom. The zero-order valence-corrected chi connectivity index (χ0v) is 15.0. The summed E-state index contributed by atoms with van der Waals surface area (Å²) in [6, 6.07) is 12.5. The van der Waals surface area contributed by atoms with Crippen LogP contribution in [0.4, 0.5) is 5.82 Å². The van der Waals surface area contributed by atoms with E-state index in [4.69, 9.17) is 0 Å². The van der Waals surface area contributed by atoms with E-state index in [1.807, 2.05) is 24.8 Å². The predicted octanol–water partition coefficient (Wildman–Crippen LogP) is 2.99. The fourth-order valence-corrected chi connectivity index (χ4v) is 3.42. The van der Waals surface area contributed by atoms with Gasteiger partial charge in [-0.15, -0.1) is 0 Å². The van der Waals surface area contributed by atoms with Crippen molar-refractivity contribution < 1.29 is 4.79 Å². The van der Waals surface area contributed by atoms with Crippen LogP contribution in [-0.4, -0.2) is 40.4 Å². The van der Waals surface area contributed by atoms with Crippen LogP contribution in [0.25, 0.3) is 0 Å². The van der Waals surface area contributed by atoms with Gasteiger partial charge < -0.3 is 10.2 Å². The summed E-state index contributed by atoms with van der Waals surface area (Å²) >= 11 is 0. The highest BCUT2D eigenvalue weighted by Gasteiger charge is 2.22. The molecule has 0 saturated carbocycles. The Labute approximate surface area is 149 Å². The maximum atomic E-state index is 12.4. The molecule has 1 N–H and O–H groups in total. The van der Waals surface area contributed by atoms with Crippen molar-refractivity contribution in [3.63, 3.8) is 0 Å². The average molecular weight is 338 g/mol. The molecule has 5 nitrogen and oxygen atoms in total. The van der Waals surface area contributed by atoms with Gasteiger partial charge in [0.15, 0.2) is 0 Å². The Morgan fingerprint density at radius 1 is 1.16 bits per heavy atom. The maximum absolute atomic E-state index is 12.4. The highest BCUT2D eigenvalue weighted by atomic mass is 16.2. The van der Waals surface area contributed by atoms with Gasteiger partial charge in [-0.05, 0) is 44.6 Å². The topological polar surface area (TPSA) is 58.1 Å². The summed E-state index contributed by atoms with van der Waals surface area (Å²) in [6.45, 7) is 5.77. The number of likely N-dealkylation sites (tertiary alicyclic amines) is 1. The molecule has 0 spiro atoms. The minimum absolute atomic E-state index is 0.145. The minimum Gasteiger partial charge on any atom is -0.361 e. The highest BCUT2D eigenvalue weighted by Crippen LogP contribution is 2.21. The molecule has 3 rings (SSSR count). The fourth-order valence-electron chi connectivity index (χ4n) is 3.42. The van der Waals surface area contributed by atoms with Gasteiger partial charge in [-0.2, -0.15) is 0 Å². The Kier molecular flexibility index (Phi) is 5.64. The number of nitrogens with zero attached hydrogens (tertiary/aromatic N) is 3. The first-order valence-electron chi connectivity index (χ1n) is 8.98. The van der Waals surface area contributed by atoms with E-state index in [1.165, 1.54) is 5.56 Å². The Morgan fingerprint density at radius 2 is 1.88 bits per heavy atom. The second-order valence-corrected chi connectivity index (χ2v) is 6.81. The van der Waals surface area contributed by atoms with E-state index in [2.05, 4.69) is 45.6 Å². The number of benzene rings is 1. The number of piperidine rings is 1. The van der Waals surface area contributed by atoms with E-state index in [0.717, 1.165) is 49.7 Å². The number of carbonyl (C=O) groups excluding carboxylic acids is 1. The summed E-state index contributed by atoms with van der Waals surface area (Å²) in [6.07, 6.45) is 3.26. The fraction of sp³-hybridized carbons (Fsp3) is 0.450. The third-order valence-electron chi connectivity index (χ3n) is 4.72. The largest absolute Gasteiger partial charge is 0.361 e. The van der Waals surface area contributed by atoms with E-state index in [0.29, 0.717) is 12.5 Å². The summed E-state index contributed by atoms with van der Waals surface area (Å²) < 4.78 is 0. The number of carbonyl (C=O) groups is 1. The molecule has 1 aromatic carbocycles. The van der Waals surface area contributed by atoms with Crippen LogP contribution >= 0.6 is 0 Å². The minimum atomic E-state index is 0.145. The van der Waals surface area contributed by atoms with Gasteiger partial charge >= 0.3 is 0 Å². The molecule has 1 aliphatic heterocycles. The number of hydrogen-bond acceptors (Lipinski definition) is 4. The van der Waals surface area contributed by atoms with Crippen LogP contribution in [0.2, 0.25) is 0 Å². The first kappa shape index (κ1) is 17.4. The number of rotatable bonds is 5. The van der Waals surface area contributed by atoms with Gasteiger partial charge in [-0.1, -0.05) is 30.3 Å². The predicted molar refractivity (Wildman–Crippen MR) is 99.4 cm³/mol. The molecule has 1 amide bonds. The Hall–Kier alpha value is -2.43. The molecule has 2 heterocycles. The number of anilines is 1. The molecule has 0 radical (unpaired) electrons. The molecule has 1 saturated heterocycles. The summed E-state index contributed by atoms with van der Waals surface area (Å²) in [4.78, 5) is 23.0. The van der Waals surface area contributed by atoms with Gasteiger partial charge in [0.25, 0.3) is 0 Å². The molecule has 5 heteroatoms. The number of hydrogen-bond donors (Lipinski definition) is 1. The molecule has 25 heavy (non-hydrogen) atoms. The normalized spacial score (nSPS) is 15.2. The highest BCUT2D eigenvalue weighted by molar-refractivity contribution is 5.80. The van der Waals surface area contributed by atoms with Gasteiger partial charge in [0.1, 0.15) is 11.6 Å². The van der Waals surface area contributed by atoms with Crippen molar-refractivity contribution in [1.29, 1.82) is 0 Å². The van der Waals surface area contributed by atoms with Gasteiger partial charge in [-0.3, -0.25) is 4.79 Å². The quantitative estimate of drug-likeness (QED) is 0.910. The van der Waals surface area contributed by atoms with E-state index < -0.39 is 0 Å². The van der Waals surface area contributed by atoms with Crippen LogP contribution in [0.1, 0.15) is 29.9 Å². The third-order valence-corrected chi connectivity index (χ3v) is 4.72. The molecule has 1 fully saturated rings. The SMILES string of the molecule is Cc1cc(NCC(=O)N2CCC(Cc3ccccc3)CC2)nc(C)n1. The lowest BCUT2D eigenvalue weighted by Crippen LogP contribution is -2.41. The van der Waals surface area contributed by atoms with E-state index in [1.54, 1.807) is 0 Å². The standard InChI is InChI=1S/C20H26N4O/c1-15-12-19(23-16(2)22-15)21-14-20(25)24-10-8-18(9-11-24)13-17-6-4-3-5-7-17/h3-7,12,18H,8-11,13-14H2,1-2H3,(H,21,22,23). The number of nitrogens with one attached hydrogen (secondary N) is 1. The second kappa shape index (κ2) is 8.10. The smallest absolute Gasteiger partial charge is 0.241 e. The summed E-state index contributed by atoms with van der Waals surface area (Å²) in [5.74, 6) is 2.26. The zero-order chi connectivity index (χ0) is 17.6. The molecule has 1 aromatic heterocycles. The Bertz CT molecular complexity index is 689. The van der Waals surface area contributed by atoms with Crippen molar-refractivity contribution in [3.8, 4) is 0 Å². The molecule has 0 atom stereocenters. The van der Waals surface area contributed by atoms with Crippen LogP contribution in [0, 0.1) is 19.8 Å². The maximum Gasteiger partial charge on any atom is 0.241 e. The molecule has 0 unspecified atom stereocenters. The van der Waals surface area contributed by atoms with Crippen LogP contribution in [0.3, 0.4) is 0 Å². The zero-order valence-electron chi connectivity index (χ0n) is 15.0. The lowest BCUT2D eigenvalue weighted by Gasteiger charge is -2.32. The Balaban J connectivity index is 1.45. The van der Waals surface area contributed by atoms with Crippen molar-refractivity contribution in [2.75, 3.05) is 25.0 Å². The van der Waals surface area contributed by atoms with Gasteiger partial charge in [0.05, 0.1) is 6.54 Å². The molecule has 1 aliphatic rings. The van der Waals surface area contributed by atoms with Crippen LogP contribution in [-0.2, 0) is 11.2 Å². The molecule has 0 bridgehead atoms. The lowest BCUT2D eigenvalue weighted by molar-refractivity contribution is -0.130. The molecular weight excluding hydrogens is 312 g/mol. The van der Waals surface area contributed by atoms with Gasteiger partial charge in [0.2, 0.25) is 5.91 Å². The summed E-state index contributed by atoms with van der Waals surface area (Å²) in [5, 5.41) is 3.13. The summed E-state index contributed by atoms with van der Waals surface area (Å²) in [7, 11) is 0. The monoisotopic (exact) mass is 338 g/mol. The molecular formula is C20H26N4O. The average Bonchev–Trinajstić information content (AvgIpc) is 2.60. The lowest BCUT2D eigenvalue weighted by atomic mass is 9.90. The van der Waals surface area contributed by atoms with Crippen molar-refractivity contribution in [3.05, 3.63) is 53.5 Å². The molecule has 0 aliphatic carbocycles. The molecule has 2 aromatic rings. The second-order valence-electron chi connectivity index (χ2n) is 6.81. The third kappa shape index (κ3) is 5.02. The van der Waals surface area contributed by atoms with Crippen molar-refractivity contribution in [1.82, 2.24) is 14.9 Å². The first-order chi connectivity index (χ1) is 12.1. The van der Waals surface area contributed by atoms with Crippen LogP contribution < -0.4 is 5.32 Å². The van der Waals surface area contributed by atoms with Gasteiger partial charge in [-0.25, -0.2) is 9.97 Å². The summed E-state index contributed by atoms with van der Waals surface area (Å²) in [5.41, 5.74) is 2.30. The number of aryl methyl sites for hydroxylation is 2. The van der Waals surface area contributed by atoms with Crippen molar-refractivity contribution in [2.45, 2.75) is 33.1 Å². The van der Waals surface area contributed by atoms with Crippen molar-refractivity contribution in [2.24, 2.45) is 5.92 Å². The number of aromatic nitrogens is 2. The number of amides is 1. The van der Waals surface area contributed by atoms with Crippen LogP contribution in [0.5, 0.6) is 0 Å².